The molecule has 0 saturated carbocycles. The molecule has 1 atom stereocenters. The Balaban J connectivity index is 1.80. The highest BCUT2D eigenvalue weighted by atomic mass is 16.1. The van der Waals surface area contributed by atoms with Gasteiger partial charge >= 0.3 is 0 Å². The minimum Gasteiger partial charge on any atom is -0.352 e. The van der Waals surface area contributed by atoms with Crippen LogP contribution in [0.25, 0.3) is 0 Å². The van der Waals surface area contributed by atoms with Crippen molar-refractivity contribution in [3.8, 4) is 0 Å². The Bertz CT molecular complexity index is 407. The number of hydrogen-bond donors (Lipinski definition) is 1. The monoisotopic (exact) mass is 262 g/mol. The molecule has 104 valence electrons. The number of rotatable bonds is 4. The first-order valence-corrected chi connectivity index (χ1v) is 6.94. The van der Waals surface area contributed by atoms with Gasteiger partial charge in [0.05, 0.1) is 5.56 Å². The second-order valence-corrected chi connectivity index (χ2v) is 5.43. The Hall–Kier alpha value is -1.49. The molecule has 5 heteroatoms. The molecule has 2 heterocycles. The fourth-order valence-corrected chi connectivity index (χ4v) is 2.49. The van der Waals surface area contributed by atoms with Crippen LogP contribution in [-0.4, -0.2) is 46.5 Å². The lowest BCUT2D eigenvalue weighted by Crippen LogP contribution is -2.43. The van der Waals surface area contributed by atoms with Crippen molar-refractivity contribution in [3.05, 3.63) is 24.3 Å². The number of nitrogens with zero attached hydrogens (tertiary/aromatic N) is 3. The number of piperidine rings is 1. The van der Waals surface area contributed by atoms with Gasteiger partial charge in [0.15, 0.2) is 0 Å². The zero-order valence-corrected chi connectivity index (χ0v) is 11.7. The molecule has 1 fully saturated rings. The molecule has 1 aromatic heterocycles. The van der Waals surface area contributed by atoms with Gasteiger partial charge in [-0.25, -0.2) is 9.97 Å². The van der Waals surface area contributed by atoms with E-state index < -0.39 is 0 Å². The van der Waals surface area contributed by atoms with E-state index in [1.807, 2.05) is 0 Å². The van der Waals surface area contributed by atoms with Crippen LogP contribution in [0.1, 0.15) is 37.0 Å². The maximum atomic E-state index is 11.9. The highest BCUT2D eigenvalue weighted by molar-refractivity contribution is 5.93. The number of carbonyl (C=O) groups excluding carboxylic acids is 1. The third kappa shape index (κ3) is 3.99. The van der Waals surface area contributed by atoms with E-state index in [0.29, 0.717) is 17.5 Å². The normalized spacial score (nSPS) is 20.5. The van der Waals surface area contributed by atoms with Crippen LogP contribution in [0.3, 0.4) is 0 Å². The average Bonchev–Trinajstić information content (AvgIpc) is 2.46. The summed E-state index contributed by atoms with van der Waals surface area (Å²) in [4.78, 5) is 22.1. The number of amides is 1. The van der Waals surface area contributed by atoms with Crippen LogP contribution in [0.2, 0.25) is 0 Å². The minimum atomic E-state index is -0.0812. The van der Waals surface area contributed by atoms with Crippen molar-refractivity contribution in [1.82, 2.24) is 20.2 Å². The van der Waals surface area contributed by atoms with E-state index in [2.05, 4.69) is 34.0 Å². The maximum Gasteiger partial charge on any atom is 0.254 e. The number of aromatic nitrogens is 2. The standard InChI is InChI=1S/C14H22N4O/c1-11(2)18-5-3-4-12(9-18)6-17-14(19)13-7-15-10-16-8-13/h7-8,10-12H,3-6,9H2,1-2H3,(H,17,19). The largest absolute Gasteiger partial charge is 0.352 e. The summed E-state index contributed by atoms with van der Waals surface area (Å²) < 4.78 is 0. The molecule has 0 spiro atoms. The second kappa shape index (κ2) is 6.61. The average molecular weight is 262 g/mol. The Morgan fingerprint density at radius 2 is 2.21 bits per heavy atom. The molecule has 1 amide bonds. The van der Waals surface area contributed by atoms with E-state index in [-0.39, 0.29) is 5.91 Å². The summed E-state index contributed by atoms with van der Waals surface area (Å²) in [5, 5.41) is 2.98. The van der Waals surface area contributed by atoms with Gasteiger partial charge in [-0.1, -0.05) is 0 Å². The van der Waals surface area contributed by atoms with E-state index in [1.54, 1.807) is 12.4 Å². The lowest BCUT2D eigenvalue weighted by molar-refractivity contribution is 0.0922. The molecule has 1 saturated heterocycles. The van der Waals surface area contributed by atoms with Gasteiger partial charge in [-0.15, -0.1) is 0 Å². The van der Waals surface area contributed by atoms with E-state index in [9.17, 15) is 4.79 Å². The van der Waals surface area contributed by atoms with Crippen molar-refractivity contribution in [2.24, 2.45) is 5.92 Å². The van der Waals surface area contributed by atoms with Crippen LogP contribution in [0.5, 0.6) is 0 Å². The van der Waals surface area contributed by atoms with Gasteiger partial charge in [0.2, 0.25) is 0 Å². The highest BCUT2D eigenvalue weighted by Gasteiger charge is 2.22. The first-order chi connectivity index (χ1) is 9.16. The van der Waals surface area contributed by atoms with Crippen LogP contribution in [0, 0.1) is 5.92 Å². The smallest absolute Gasteiger partial charge is 0.254 e. The molecule has 0 radical (unpaired) electrons. The third-order valence-corrected chi connectivity index (χ3v) is 3.65. The molecule has 1 aliphatic heterocycles. The van der Waals surface area contributed by atoms with Gasteiger partial charge in [-0.2, -0.15) is 0 Å². The van der Waals surface area contributed by atoms with Crippen molar-refractivity contribution >= 4 is 5.91 Å². The number of nitrogens with one attached hydrogen (secondary N) is 1. The van der Waals surface area contributed by atoms with Crippen molar-refractivity contribution in [1.29, 1.82) is 0 Å². The summed E-state index contributed by atoms with van der Waals surface area (Å²) in [6.07, 6.45) is 6.92. The molecule has 0 aromatic carbocycles. The van der Waals surface area contributed by atoms with E-state index in [0.717, 1.165) is 13.1 Å². The molecular formula is C14H22N4O. The zero-order valence-electron chi connectivity index (χ0n) is 11.7. The molecule has 0 aliphatic carbocycles. The second-order valence-electron chi connectivity index (χ2n) is 5.43. The number of likely N-dealkylation sites (tertiary alicyclic amines) is 1. The molecule has 1 N–H and O–H groups in total. The first-order valence-electron chi connectivity index (χ1n) is 6.94. The van der Waals surface area contributed by atoms with Crippen LogP contribution >= 0.6 is 0 Å². The molecular weight excluding hydrogens is 240 g/mol. The fraction of sp³-hybridized carbons (Fsp3) is 0.643. The Kier molecular flexibility index (Phi) is 4.85. The molecule has 0 bridgehead atoms. The molecule has 5 nitrogen and oxygen atoms in total. The van der Waals surface area contributed by atoms with Gasteiger partial charge < -0.3 is 10.2 Å². The highest BCUT2D eigenvalue weighted by Crippen LogP contribution is 2.17. The van der Waals surface area contributed by atoms with Crippen LogP contribution < -0.4 is 5.32 Å². The first kappa shape index (κ1) is 13.9. The number of carbonyl (C=O) groups is 1. The third-order valence-electron chi connectivity index (χ3n) is 3.65. The Morgan fingerprint density at radius 3 is 2.89 bits per heavy atom. The summed E-state index contributed by atoms with van der Waals surface area (Å²) in [6, 6.07) is 0.584. The summed E-state index contributed by atoms with van der Waals surface area (Å²) >= 11 is 0. The summed E-state index contributed by atoms with van der Waals surface area (Å²) in [5.74, 6) is 0.465. The predicted molar refractivity (Wildman–Crippen MR) is 73.8 cm³/mol. The maximum absolute atomic E-state index is 11.9. The lowest BCUT2D eigenvalue weighted by Gasteiger charge is -2.35. The quantitative estimate of drug-likeness (QED) is 0.889. The van der Waals surface area contributed by atoms with Gasteiger partial charge in [0.1, 0.15) is 6.33 Å². The molecule has 1 unspecified atom stereocenters. The summed E-state index contributed by atoms with van der Waals surface area (Å²) in [5.41, 5.74) is 0.527. The van der Waals surface area contributed by atoms with Crippen molar-refractivity contribution < 1.29 is 4.79 Å². The molecule has 1 aliphatic rings. The Morgan fingerprint density at radius 1 is 1.47 bits per heavy atom. The molecule has 19 heavy (non-hydrogen) atoms. The van der Waals surface area contributed by atoms with Gasteiger partial charge in [0.25, 0.3) is 5.91 Å². The molecule has 2 rings (SSSR count). The lowest BCUT2D eigenvalue weighted by atomic mass is 9.97. The van der Waals surface area contributed by atoms with Crippen LogP contribution in [-0.2, 0) is 0 Å². The van der Waals surface area contributed by atoms with E-state index in [4.69, 9.17) is 0 Å². The van der Waals surface area contributed by atoms with Gasteiger partial charge in [-0.3, -0.25) is 4.79 Å². The van der Waals surface area contributed by atoms with Crippen LogP contribution in [0.15, 0.2) is 18.7 Å². The zero-order chi connectivity index (χ0) is 13.7. The summed E-state index contributed by atoms with van der Waals surface area (Å²) in [7, 11) is 0. The van der Waals surface area contributed by atoms with Crippen molar-refractivity contribution in [2.75, 3.05) is 19.6 Å². The van der Waals surface area contributed by atoms with Crippen LogP contribution in [0.4, 0.5) is 0 Å². The van der Waals surface area contributed by atoms with Gasteiger partial charge in [0, 0.05) is 31.5 Å². The van der Waals surface area contributed by atoms with Crippen molar-refractivity contribution in [3.63, 3.8) is 0 Å². The van der Waals surface area contributed by atoms with Crippen molar-refractivity contribution in [2.45, 2.75) is 32.7 Å². The SMILES string of the molecule is CC(C)N1CCCC(CNC(=O)c2cncnc2)C1. The molecule has 1 aromatic rings. The minimum absolute atomic E-state index is 0.0812. The van der Waals surface area contributed by atoms with E-state index >= 15 is 0 Å². The topological polar surface area (TPSA) is 58.1 Å². The van der Waals surface area contributed by atoms with Gasteiger partial charge in [-0.05, 0) is 39.2 Å². The number of hydrogen-bond acceptors (Lipinski definition) is 4. The predicted octanol–water partition coefficient (Wildman–Crippen LogP) is 1.33. The summed E-state index contributed by atoms with van der Waals surface area (Å²) in [6.45, 7) is 7.43. The fourth-order valence-electron chi connectivity index (χ4n) is 2.49. The van der Waals surface area contributed by atoms with E-state index in [1.165, 1.54) is 25.7 Å². The Labute approximate surface area is 114 Å².